The van der Waals surface area contributed by atoms with Crippen LogP contribution in [0.3, 0.4) is 0 Å². The van der Waals surface area contributed by atoms with Crippen LogP contribution in [0.5, 0.6) is 0 Å². The maximum Gasteiger partial charge on any atom is 0.233 e. The summed E-state index contributed by atoms with van der Waals surface area (Å²) in [6.07, 6.45) is 1.21. The molecule has 0 bridgehead atoms. The molecule has 1 aromatic carbocycles. The molecule has 5 heteroatoms. The van der Waals surface area contributed by atoms with E-state index in [0.717, 1.165) is 10.0 Å². The van der Waals surface area contributed by atoms with Gasteiger partial charge in [-0.2, -0.15) is 0 Å². The SMILES string of the molecule is NC1CCN(C(=O)Cc2cccc(Br)c2)C(=O)C1. The Hall–Kier alpha value is -1.20. The lowest BCUT2D eigenvalue weighted by Crippen LogP contribution is -2.47. The molecule has 1 fully saturated rings. The van der Waals surface area contributed by atoms with Gasteiger partial charge < -0.3 is 5.73 Å². The standard InChI is InChI=1S/C13H15BrN2O2/c14-10-3-1-2-9(6-10)7-12(17)16-5-4-11(15)8-13(16)18/h1-3,6,11H,4-5,7-8,15H2. The summed E-state index contributed by atoms with van der Waals surface area (Å²) in [5, 5.41) is 0. The van der Waals surface area contributed by atoms with Crippen LogP contribution >= 0.6 is 15.9 Å². The number of halogens is 1. The fourth-order valence-corrected chi connectivity index (χ4v) is 2.48. The first-order valence-electron chi connectivity index (χ1n) is 5.89. The number of imide groups is 1. The second kappa shape index (κ2) is 5.63. The zero-order valence-corrected chi connectivity index (χ0v) is 11.5. The van der Waals surface area contributed by atoms with Crippen LogP contribution in [-0.2, 0) is 16.0 Å². The first-order valence-corrected chi connectivity index (χ1v) is 6.69. The van der Waals surface area contributed by atoms with Gasteiger partial charge in [0.05, 0.1) is 6.42 Å². The van der Waals surface area contributed by atoms with Gasteiger partial charge in [-0.1, -0.05) is 28.1 Å². The highest BCUT2D eigenvalue weighted by molar-refractivity contribution is 9.10. The zero-order valence-electron chi connectivity index (χ0n) is 9.93. The Balaban J connectivity index is 2.02. The quantitative estimate of drug-likeness (QED) is 0.899. The van der Waals surface area contributed by atoms with Crippen LogP contribution in [0.1, 0.15) is 18.4 Å². The summed E-state index contributed by atoms with van der Waals surface area (Å²) in [5.41, 5.74) is 6.59. The molecule has 1 heterocycles. The predicted molar refractivity (Wildman–Crippen MR) is 71.8 cm³/mol. The summed E-state index contributed by atoms with van der Waals surface area (Å²) in [6, 6.07) is 7.44. The van der Waals surface area contributed by atoms with Gasteiger partial charge in [-0.25, -0.2) is 0 Å². The Morgan fingerprint density at radius 2 is 2.28 bits per heavy atom. The Morgan fingerprint density at radius 1 is 1.50 bits per heavy atom. The molecule has 1 unspecified atom stereocenters. The molecule has 1 atom stereocenters. The lowest BCUT2D eigenvalue weighted by Gasteiger charge is -2.28. The van der Waals surface area contributed by atoms with E-state index in [2.05, 4.69) is 15.9 Å². The third-order valence-electron chi connectivity index (χ3n) is 3.01. The molecule has 2 rings (SSSR count). The van der Waals surface area contributed by atoms with E-state index in [9.17, 15) is 9.59 Å². The third kappa shape index (κ3) is 3.17. The maximum absolute atomic E-state index is 12.0. The number of likely N-dealkylation sites (tertiary alicyclic amines) is 1. The van der Waals surface area contributed by atoms with Crippen LogP contribution in [0, 0.1) is 0 Å². The molecule has 0 aliphatic carbocycles. The zero-order chi connectivity index (χ0) is 13.1. The van der Waals surface area contributed by atoms with E-state index in [1.165, 1.54) is 4.90 Å². The molecule has 1 aliphatic rings. The van der Waals surface area contributed by atoms with E-state index in [1.807, 2.05) is 24.3 Å². The van der Waals surface area contributed by atoms with E-state index in [0.29, 0.717) is 13.0 Å². The van der Waals surface area contributed by atoms with Crippen molar-refractivity contribution in [2.24, 2.45) is 5.73 Å². The molecule has 0 spiro atoms. The van der Waals surface area contributed by atoms with Crippen molar-refractivity contribution >= 4 is 27.7 Å². The van der Waals surface area contributed by atoms with Crippen LogP contribution in [0.4, 0.5) is 0 Å². The number of nitrogens with two attached hydrogens (primary N) is 1. The average Bonchev–Trinajstić information content (AvgIpc) is 2.28. The molecule has 1 aliphatic heterocycles. The largest absolute Gasteiger partial charge is 0.327 e. The number of hydrogen-bond donors (Lipinski definition) is 1. The van der Waals surface area contributed by atoms with Gasteiger partial charge in [-0.05, 0) is 24.1 Å². The minimum absolute atomic E-state index is 0.104. The van der Waals surface area contributed by atoms with Gasteiger partial charge in [-0.15, -0.1) is 0 Å². The monoisotopic (exact) mass is 310 g/mol. The highest BCUT2D eigenvalue weighted by atomic mass is 79.9. The minimum atomic E-state index is -0.159. The molecular formula is C13H15BrN2O2. The summed E-state index contributed by atoms with van der Waals surface area (Å²) in [6.45, 7) is 0.437. The summed E-state index contributed by atoms with van der Waals surface area (Å²) in [5.74, 6) is -0.307. The van der Waals surface area contributed by atoms with Crippen LogP contribution in [0.25, 0.3) is 0 Å². The van der Waals surface area contributed by atoms with Crippen molar-refractivity contribution in [2.45, 2.75) is 25.3 Å². The van der Waals surface area contributed by atoms with Gasteiger partial charge in [0.25, 0.3) is 0 Å². The molecule has 2 amide bonds. The maximum atomic E-state index is 12.0. The van der Waals surface area contributed by atoms with Crippen molar-refractivity contribution in [3.63, 3.8) is 0 Å². The molecule has 18 heavy (non-hydrogen) atoms. The molecular weight excluding hydrogens is 296 g/mol. The van der Waals surface area contributed by atoms with Crippen LogP contribution < -0.4 is 5.73 Å². The van der Waals surface area contributed by atoms with E-state index in [4.69, 9.17) is 5.73 Å². The topological polar surface area (TPSA) is 63.4 Å². The van der Waals surface area contributed by atoms with Crippen LogP contribution in [0.15, 0.2) is 28.7 Å². The lowest BCUT2D eigenvalue weighted by atomic mass is 10.0. The number of piperidine rings is 1. The molecule has 96 valence electrons. The normalized spacial score (nSPS) is 20.0. The van der Waals surface area contributed by atoms with Crippen LogP contribution in [-0.4, -0.2) is 29.3 Å². The molecule has 1 saturated heterocycles. The van der Waals surface area contributed by atoms with Gasteiger partial charge >= 0.3 is 0 Å². The van der Waals surface area contributed by atoms with Gasteiger partial charge in [0, 0.05) is 23.5 Å². The summed E-state index contributed by atoms with van der Waals surface area (Å²) < 4.78 is 0.930. The molecule has 4 nitrogen and oxygen atoms in total. The molecule has 0 aromatic heterocycles. The van der Waals surface area contributed by atoms with E-state index in [1.54, 1.807) is 0 Å². The first kappa shape index (κ1) is 13.2. The van der Waals surface area contributed by atoms with E-state index in [-0.39, 0.29) is 30.7 Å². The number of benzene rings is 1. The molecule has 0 radical (unpaired) electrons. The molecule has 1 aromatic rings. The van der Waals surface area contributed by atoms with E-state index < -0.39 is 0 Å². The Morgan fingerprint density at radius 3 is 2.94 bits per heavy atom. The van der Waals surface area contributed by atoms with Crippen molar-refractivity contribution in [3.05, 3.63) is 34.3 Å². The van der Waals surface area contributed by atoms with Gasteiger partial charge in [0.15, 0.2) is 0 Å². The molecule has 2 N–H and O–H groups in total. The van der Waals surface area contributed by atoms with Crippen molar-refractivity contribution in [1.29, 1.82) is 0 Å². The fourth-order valence-electron chi connectivity index (χ4n) is 2.04. The predicted octanol–water partition coefficient (Wildman–Crippen LogP) is 1.47. The van der Waals surface area contributed by atoms with Crippen LogP contribution in [0.2, 0.25) is 0 Å². The Bertz CT molecular complexity index is 476. The highest BCUT2D eigenvalue weighted by Crippen LogP contribution is 2.15. The minimum Gasteiger partial charge on any atom is -0.327 e. The van der Waals surface area contributed by atoms with E-state index >= 15 is 0 Å². The summed E-state index contributed by atoms with van der Waals surface area (Å²) in [7, 11) is 0. The van der Waals surface area contributed by atoms with Crippen molar-refractivity contribution < 1.29 is 9.59 Å². The number of carbonyl (C=O) groups excluding carboxylic acids is 2. The van der Waals surface area contributed by atoms with Gasteiger partial charge in [0.1, 0.15) is 0 Å². The second-order valence-corrected chi connectivity index (χ2v) is 5.41. The second-order valence-electron chi connectivity index (χ2n) is 4.50. The van der Waals surface area contributed by atoms with Crippen molar-refractivity contribution in [3.8, 4) is 0 Å². The summed E-state index contributed by atoms with van der Waals surface area (Å²) in [4.78, 5) is 25.1. The number of amides is 2. The number of carbonyl (C=O) groups is 2. The van der Waals surface area contributed by atoms with Crippen molar-refractivity contribution in [1.82, 2.24) is 4.90 Å². The summed E-state index contributed by atoms with van der Waals surface area (Å²) >= 11 is 3.36. The lowest BCUT2D eigenvalue weighted by molar-refractivity contribution is -0.146. The average molecular weight is 311 g/mol. The Kier molecular flexibility index (Phi) is 4.14. The van der Waals surface area contributed by atoms with Gasteiger partial charge in [0.2, 0.25) is 11.8 Å². The third-order valence-corrected chi connectivity index (χ3v) is 3.50. The molecule has 0 saturated carbocycles. The van der Waals surface area contributed by atoms with Gasteiger partial charge in [-0.3, -0.25) is 14.5 Å². The number of nitrogens with zero attached hydrogens (tertiary/aromatic N) is 1. The fraction of sp³-hybridized carbons (Fsp3) is 0.385. The first-order chi connectivity index (χ1) is 8.56. The van der Waals surface area contributed by atoms with Crippen molar-refractivity contribution in [2.75, 3.05) is 6.54 Å². The number of hydrogen-bond acceptors (Lipinski definition) is 3. The smallest absolute Gasteiger partial charge is 0.233 e. The Labute approximate surface area is 114 Å². The number of rotatable bonds is 2. The highest BCUT2D eigenvalue weighted by Gasteiger charge is 2.27.